The fourth-order valence-electron chi connectivity index (χ4n) is 0.820. The van der Waals surface area contributed by atoms with E-state index in [2.05, 4.69) is 27.4 Å². The summed E-state index contributed by atoms with van der Waals surface area (Å²) >= 11 is 0. The second-order valence-electron chi connectivity index (χ2n) is 3.63. The molecule has 0 aliphatic carbocycles. The molecule has 0 unspecified atom stereocenters. The average Bonchev–Trinajstić information content (AvgIpc) is 1.88. The largest absolute Gasteiger partial charge is 0.309 e. The van der Waals surface area contributed by atoms with E-state index in [-0.39, 0.29) is 5.41 Å². The molecule has 0 saturated carbocycles. The van der Waals surface area contributed by atoms with Crippen molar-refractivity contribution in [3.05, 3.63) is 12.2 Å². The summed E-state index contributed by atoms with van der Waals surface area (Å²) in [6, 6.07) is 0. The van der Waals surface area contributed by atoms with Crippen LogP contribution in [0.5, 0.6) is 0 Å². The maximum Gasteiger partial charge on any atom is 0.0226 e. The fourth-order valence-corrected chi connectivity index (χ4v) is 0.820. The molecule has 0 aliphatic rings. The zero-order valence-corrected chi connectivity index (χ0v) is 8.12. The van der Waals surface area contributed by atoms with Crippen LogP contribution in [0.25, 0.3) is 0 Å². The molecular weight excluding hydrogens is 134 g/mol. The average molecular weight is 153 g/mol. The van der Waals surface area contributed by atoms with Gasteiger partial charge in [0.15, 0.2) is 0 Å². The monoisotopic (exact) mass is 153 g/mol. The number of nitrogens with one attached hydrogen (secondary N) is 1. The highest BCUT2D eigenvalue weighted by molar-refractivity contribution is 5.89. The Bertz CT molecular complexity index is 166. The van der Waals surface area contributed by atoms with Gasteiger partial charge in [0.1, 0.15) is 0 Å². The molecule has 0 spiro atoms. The van der Waals surface area contributed by atoms with Crippen LogP contribution in [0.2, 0.25) is 0 Å². The van der Waals surface area contributed by atoms with Gasteiger partial charge in [0.05, 0.1) is 0 Å². The Hall–Kier alpha value is -0.590. The Morgan fingerprint density at radius 1 is 1.45 bits per heavy atom. The molecule has 0 radical (unpaired) electrons. The van der Waals surface area contributed by atoms with Crippen LogP contribution in [0.15, 0.2) is 12.2 Å². The molecule has 0 aromatic carbocycles. The molecule has 0 aliphatic heterocycles. The van der Waals surface area contributed by atoms with Gasteiger partial charge in [-0.25, -0.2) is 0 Å². The molecule has 0 amide bonds. The molecule has 64 valence electrons. The minimum absolute atomic E-state index is 0.101. The lowest BCUT2D eigenvalue weighted by molar-refractivity contribution is 0.606. The maximum atomic E-state index is 7.76. The normalized spacial score (nSPS) is 11.3. The Kier molecular flexibility index (Phi) is 3.50. The van der Waals surface area contributed by atoms with Gasteiger partial charge >= 0.3 is 0 Å². The summed E-state index contributed by atoms with van der Waals surface area (Å²) in [4.78, 5) is 0. The SMILES string of the molecule is C=C(C)C(C)(C)C(=N)CCC. The third kappa shape index (κ3) is 2.49. The molecule has 0 aromatic heterocycles. The summed E-state index contributed by atoms with van der Waals surface area (Å²) < 4.78 is 0. The summed E-state index contributed by atoms with van der Waals surface area (Å²) in [6.07, 6.45) is 1.94. The molecule has 0 heterocycles. The van der Waals surface area contributed by atoms with Crippen molar-refractivity contribution >= 4 is 5.71 Å². The molecule has 0 atom stereocenters. The van der Waals surface area contributed by atoms with E-state index in [1.807, 2.05) is 6.92 Å². The lowest BCUT2D eigenvalue weighted by atomic mass is 9.79. The Balaban J connectivity index is 4.30. The predicted octanol–water partition coefficient (Wildman–Crippen LogP) is 3.41. The van der Waals surface area contributed by atoms with Gasteiger partial charge in [-0.05, 0) is 13.3 Å². The second-order valence-corrected chi connectivity index (χ2v) is 3.63. The van der Waals surface area contributed by atoms with Crippen LogP contribution in [0, 0.1) is 10.8 Å². The Morgan fingerprint density at radius 3 is 2.18 bits per heavy atom. The lowest BCUT2D eigenvalue weighted by Gasteiger charge is -2.25. The van der Waals surface area contributed by atoms with Crippen LogP contribution in [-0.2, 0) is 0 Å². The molecule has 1 heteroatoms. The highest BCUT2D eigenvalue weighted by Gasteiger charge is 2.23. The third-order valence-corrected chi connectivity index (χ3v) is 2.32. The van der Waals surface area contributed by atoms with Gasteiger partial charge in [0, 0.05) is 11.1 Å². The summed E-state index contributed by atoms with van der Waals surface area (Å²) in [7, 11) is 0. The fraction of sp³-hybridized carbons (Fsp3) is 0.700. The van der Waals surface area contributed by atoms with Gasteiger partial charge in [-0.15, -0.1) is 0 Å². The van der Waals surface area contributed by atoms with E-state index in [0.717, 1.165) is 24.1 Å². The van der Waals surface area contributed by atoms with Crippen LogP contribution in [0.3, 0.4) is 0 Å². The van der Waals surface area contributed by atoms with Gasteiger partial charge in [-0.1, -0.05) is 39.3 Å². The molecule has 1 nitrogen and oxygen atoms in total. The summed E-state index contributed by atoms with van der Waals surface area (Å²) in [6.45, 7) is 12.1. The number of hydrogen-bond donors (Lipinski definition) is 1. The predicted molar refractivity (Wildman–Crippen MR) is 51.2 cm³/mol. The highest BCUT2D eigenvalue weighted by Crippen LogP contribution is 2.27. The van der Waals surface area contributed by atoms with E-state index >= 15 is 0 Å². The van der Waals surface area contributed by atoms with E-state index in [1.54, 1.807) is 0 Å². The molecule has 0 rings (SSSR count). The molecule has 1 N–H and O–H groups in total. The van der Waals surface area contributed by atoms with Crippen LogP contribution in [-0.4, -0.2) is 5.71 Å². The standard InChI is InChI=1S/C10H19N/c1-6-7-9(11)10(4,5)8(2)3/h11H,2,6-7H2,1,3-5H3. The van der Waals surface area contributed by atoms with Crippen LogP contribution in [0.4, 0.5) is 0 Å². The van der Waals surface area contributed by atoms with E-state index in [4.69, 9.17) is 5.41 Å². The van der Waals surface area contributed by atoms with Gasteiger partial charge in [0.2, 0.25) is 0 Å². The minimum atomic E-state index is -0.101. The summed E-state index contributed by atoms with van der Waals surface area (Å²) in [5.41, 5.74) is 1.78. The number of rotatable bonds is 4. The molecule has 0 aromatic rings. The van der Waals surface area contributed by atoms with Crippen LogP contribution >= 0.6 is 0 Å². The first-order chi connectivity index (χ1) is 4.92. The van der Waals surface area contributed by atoms with Crippen molar-refractivity contribution in [1.82, 2.24) is 0 Å². The quantitative estimate of drug-likeness (QED) is 0.473. The van der Waals surface area contributed by atoms with E-state index in [0.29, 0.717) is 0 Å². The first kappa shape index (κ1) is 10.4. The zero-order chi connectivity index (χ0) is 9.07. The van der Waals surface area contributed by atoms with Crippen molar-refractivity contribution in [3.63, 3.8) is 0 Å². The van der Waals surface area contributed by atoms with E-state index < -0.39 is 0 Å². The van der Waals surface area contributed by atoms with Crippen LogP contribution in [0.1, 0.15) is 40.5 Å². The molecule has 0 saturated heterocycles. The first-order valence-electron chi connectivity index (χ1n) is 4.16. The van der Waals surface area contributed by atoms with Gasteiger partial charge < -0.3 is 5.41 Å². The van der Waals surface area contributed by atoms with Crippen molar-refractivity contribution in [2.45, 2.75) is 40.5 Å². The second kappa shape index (κ2) is 3.70. The smallest absolute Gasteiger partial charge is 0.0226 e. The number of hydrogen-bond acceptors (Lipinski definition) is 1. The molecule has 0 bridgehead atoms. The van der Waals surface area contributed by atoms with Crippen molar-refractivity contribution < 1.29 is 0 Å². The van der Waals surface area contributed by atoms with Crippen LogP contribution < -0.4 is 0 Å². The molecule has 11 heavy (non-hydrogen) atoms. The van der Waals surface area contributed by atoms with Crippen molar-refractivity contribution in [2.75, 3.05) is 0 Å². The van der Waals surface area contributed by atoms with Crippen molar-refractivity contribution in [2.24, 2.45) is 5.41 Å². The number of allylic oxidation sites excluding steroid dienone is 1. The summed E-state index contributed by atoms with van der Waals surface area (Å²) in [5.74, 6) is 0. The van der Waals surface area contributed by atoms with E-state index in [9.17, 15) is 0 Å². The third-order valence-electron chi connectivity index (χ3n) is 2.32. The Morgan fingerprint density at radius 2 is 1.91 bits per heavy atom. The maximum absolute atomic E-state index is 7.76. The van der Waals surface area contributed by atoms with E-state index in [1.165, 1.54) is 0 Å². The van der Waals surface area contributed by atoms with Crippen molar-refractivity contribution in [3.8, 4) is 0 Å². The molecule has 0 fully saturated rings. The topological polar surface area (TPSA) is 23.9 Å². The van der Waals surface area contributed by atoms with Gasteiger partial charge in [0.25, 0.3) is 0 Å². The Labute approximate surface area is 70.0 Å². The van der Waals surface area contributed by atoms with Gasteiger partial charge in [-0.2, -0.15) is 0 Å². The van der Waals surface area contributed by atoms with Crippen molar-refractivity contribution in [1.29, 1.82) is 5.41 Å². The first-order valence-corrected chi connectivity index (χ1v) is 4.16. The molecular formula is C10H19N. The van der Waals surface area contributed by atoms with Gasteiger partial charge in [-0.3, -0.25) is 0 Å². The minimum Gasteiger partial charge on any atom is -0.309 e. The highest BCUT2D eigenvalue weighted by atomic mass is 14.5. The zero-order valence-electron chi connectivity index (χ0n) is 8.12. The summed E-state index contributed by atoms with van der Waals surface area (Å²) in [5, 5.41) is 7.76. The lowest BCUT2D eigenvalue weighted by Crippen LogP contribution is -2.23.